The maximum atomic E-state index is 10.6. The molecule has 0 amide bonds. The molecule has 1 aliphatic carbocycles. The average Bonchev–Trinajstić information content (AvgIpc) is 2.91. The summed E-state index contributed by atoms with van der Waals surface area (Å²) < 4.78 is 7.22. The van der Waals surface area contributed by atoms with Crippen LogP contribution in [0.1, 0.15) is 40.2 Å². The van der Waals surface area contributed by atoms with Crippen molar-refractivity contribution in [3.05, 3.63) is 46.3 Å². The van der Waals surface area contributed by atoms with E-state index in [2.05, 4.69) is 18.9 Å². The maximum absolute atomic E-state index is 10.6. The average molecular weight is 272 g/mol. The first kappa shape index (κ1) is 13.2. The number of nitrogens with zero attached hydrogens (tertiary/aromatic N) is 2. The Morgan fingerprint density at radius 1 is 1.30 bits per heavy atom. The summed E-state index contributed by atoms with van der Waals surface area (Å²) in [6.45, 7) is 6.15. The first-order chi connectivity index (χ1) is 9.52. The van der Waals surface area contributed by atoms with Crippen molar-refractivity contribution in [3.63, 3.8) is 0 Å². The molecule has 0 bridgehead atoms. The topological polar surface area (TPSA) is 47.3 Å². The number of aliphatic hydroxyl groups excluding tert-OH is 1. The Morgan fingerprint density at radius 3 is 2.65 bits per heavy atom. The van der Waals surface area contributed by atoms with Gasteiger partial charge in [-0.25, -0.2) is 0 Å². The van der Waals surface area contributed by atoms with E-state index in [0.29, 0.717) is 0 Å². The normalized spacial score (nSPS) is 21.1. The van der Waals surface area contributed by atoms with Crippen molar-refractivity contribution >= 4 is 0 Å². The van der Waals surface area contributed by atoms with Gasteiger partial charge < -0.3 is 9.84 Å². The largest absolute Gasteiger partial charge is 0.497 e. The van der Waals surface area contributed by atoms with Gasteiger partial charge >= 0.3 is 0 Å². The molecule has 1 aromatic carbocycles. The van der Waals surface area contributed by atoms with Crippen molar-refractivity contribution in [1.82, 2.24) is 9.78 Å². The van der Waals surface area contributed by atoms with Crippen LogP contribution in [0.3, 0.4) is 0 Å². The zero-order chi connectivity index (χ0) is 14.4. The third kappa shape index (κ3) is 1.83. The minimum absolute atomic E-state index is 0.0236. The van der Waals surface area contributed by atoms with E-state index in [1.54, 1.807) is 7.11 Å². The SMILES string of the molecule is COc1ccc2c(c1)C(O)C(n1nc(C)c(C)c1C)C2. The second-order valence-electron chi connectivity index (χ2n) is 5.52. The van der Waals surface area contributed by atoms with E-state index in [9.17, 15) is 5.11 Å². The van der Waals surface area contributed by atoms with E-state index in [4.69, 9.17) is 4.74 Å². The third-order valence-corrected chi connectivity index (χ3v) is 4.47. The van der Waals surface area contributed by atoms with Crippen LogP contribution in [-0.4, -0.2) is 22.0 Å². The van der Waals surface area contributed by atoms with Gasteiger partial charge in [-0.05, 0) is 56.0 Å². The molecule has 0 radical (unpaired) electrons. The van der Waals surface area contributed by atoms with Gasteiger partial charge in [0.15, 0.2) is 0 Å². The highest BCUT2D eigenvalue weighted by Gasteiger charge is 2.34. The van der Waals surface area contributed by atoms with Crippen LogP contribution in [0, 0.1) is 20.8 Å². The molecular formula is C16H20N2O2. The Bertz CT molecular complexity index is 661. The highest BCUT2D eigenvalue weighted by Crippen LogP contribution is 2.41. The molecule has 0 aliphatic heterocycles. The van der Waals surface area contributed by atoms with Crippen molar-refractivity contribution in [1.29, 1.82) is 0 Å². The zero-order valence-electron chi connectivity index (χ0n) is 12.3. The number of aliphatic hydroxyl groups is 1. The summed E-state index contributed by atoms with van der Waals surface area (Å²) in [4.78, 5) is 0. The molecule has 0 spiro atoms. The first-order valence-electron chi connectivity index (χ1n) is 6.90. The van der Waals surface area contributed by atoms with Gasteiger partial charge in [-0.1, -0.05) is 6.07 Å². The number of benzene rings is 1. The lowest BCUT2D eigenvalue weighted by atomic mass is 10.1. The minimum Gasteiger partial charge on any atom is -0.497 e. The van der Waals surface area contributed by atoms with Gasteiger partial charge in [-0.15, -0.1) is 0 Å². The molecule has 1 N–H and O–H groups in total. The Hall–Kier alpha value is -1.81. The van der Waals surface area contributed by atoms with E-state index in [1.807, 2.05) is 29.8 Å². The molecule has 0 saturated heterocycles. The lowest BCUT2D eigenvalue weighted by Gasteiger charge is -2.17. The maximum Gasteiger partial charge on any atom is 0.119 e. The number of fused-ring (bicyclic) bond motifs is 1. The molecule has 20 heavy (non-hydrogen) atoms. The van der Waals surface area contributed by atoms with Gasteiger partial charge in [-0.2, -0.15) is 5.10 Å². The fourth-order valence-corrected chi connectivity index (χ4v) is 2.99. The number of hydrogen-bond acceptors (Lipinski definition) is 3. The van der Waals surface area contributed by atoms with Crippen molar-refractivity contribution in [3.8, 4) is 5.75 Å². The first-order valence-corrected chi connectivity index (χ1v) is 6.90. The van der Waals surface area contributed by atoms with Crippen LogP contribution < -0.4 is 4.74 Å². The monoisotopic (exact) mass is 272 g/mol. The van der Waals surface area contributed by atoms with Crippen LogP contribution in [0.15, 0.2) is 18.2 Å². The predicted molar refractivity (Wildman–Crippen MR) is 77.1 cm³/mol. The zero-order valence-corrected chi connectivity index (χ0v) is 12.3. The molecular weight excluding hydrogens is 252 g/mol. The second kappa shape index (κ2) is 4.63. The van der Waals surface area contributed by atoms with Crippen molar-refractivity contribution in [2.24, 2.45) is 0 Å². The molecule has 4 nitrogen and oxygen atoms in total. The number of rotatable bonds is 2. The fourth-order valence-electron chi connectivity index (χ4n) is 2.99. The summed E-state index contributed by atoms with van der Waals surface area (Å²) >= 11 is 0. The molecule has 0 saturated carbocycles. The molecule has 106 valence electrons. The molecule has 1 aromatic heterocycles. The van der Waals surface area contributed by atoms with E-state index in [-0.39, 0.29) is 6.04 Å². The minimum atomic E-state index is -0.530. The second-order valence-corrected chi connectivity index (χ2v) is 5.52. The smallest absolute Gasteiger partial charge is 0.119 e. The van der Waals surface area contributed by atoms with Gasteiger partial charge in [0.2, 0.25) is 0 Å². The van der Waals surface area contributed by atoms with Gasteiger partial charge in [0.05, 0.1) is 18.8 Å². The van der Waals surface area contributed by atoms with Crippen LogP contribution in [0.4, 0.5) is 0 Å². The van der Waals surface area contributed by atoms with E-state index in [1.165, 1.54) is 11.1 Å². The Kier molecular flexibility index (Phi) is 3.05. The lowest BCUT2D eigenvalue weighted by molar-refractivity contribution is 0.119. The lowest BCUT2D eigenvalue weighted by Crippen LogP contribution is -2.17. The third-order valence-electron chi connectivity index (χ3n) is 4.47. The van der Waals surface area contributed by atoms with Gasteiger partial charge in [0, 0.05) is 5.69 Å². The summed E-state index contributed by atoms with van der Waals surface area (Å²) in [7, 11) is 1.64. The van der Waals surface area contributed by atoms with Crippen molar-refractivity contribution < 1.29 is 9.84 Å². The standard InChI is InChI=1S/C16H20N2O2/c1-9-10(2)17-18(11(9)3)15-7-12-5-6-13(20-4)8-14(12)16(15)19/h5-6,8,15-16,19H,7H2,1-4H3. The van der Waals surface area contributed by atoms with Crippen LogP contribution in [0.2, 0.25) is 0 Å². The van der Waals surface area contributed by atoms with Crippen molar-refractivity contribution in [2.45, 2.75) is 39.3 Å². The van der Waals surface area contributed by atoms with Gasteiger partial charge in [0.1, 0.15) is 11.9 Å². The van der Waals surface area contributed by atoms with Crippen LogP contribution in [0.25, 0.3) is 0 Å². The molecule has 1 aliphatic rings. The van der Waals surface area contributed by atoms with Crippen molar-refractivity contribution in [2.75, 3.05) is 7.11 Å². The number of aryl methyl sites for hydroxylation is 1. The van der Waals surface area contributed by atoms with E-state index < -0.39 is 6.10 Å². The predicted octanol–water partition coefficient (Wildman–Crippen LogP) is 2.65. The number of methoxy groups -OCH3 is 1. The van der Waals surface area contributed by atoms with Crippen LogP contribution in [0.5, 0.6) is 5.75 Å². The summed E-state index contributed by atoms with van der Waals surface area (Å²) in [6, 6.07) is 5.89. The quantitative estimate of drug-likeness (QED) is 0.914. The Balaban J connectivity index is 2.01. The molecule has 3 rings (SSSR count). The van der Waals surface area contributed by atoms with Gasteiger partial charge in [0.25, 0.3) is 0 Å². The number of ether oxygens (including phenoxy) is 1. The summed E-state index contributed by atoms with van der Waals surface area (Å²) in [5.41, 5.74) is 5.49. The molecule has 2 aromatic rings. The molecule has 0 fully saturated rings. The summed E-state index contributed by atoms with van der Waals surface area (Å²) in [6.07, 6.45) is 0.277. The molecule has 4 heteroatoms. The highest BCUT2D eigenvalue weighted by atomic mass is 16.5. The van der Waals surface area contributed by atoms with E-state index in [0.717, 1.165) is 29.1 Å². The van der Waals surface area contributed by atoms with Gasteiger partial charge in [-0.3, -0.25) is 4.68 Å². The molecule has 2 atom stereocenters. The van der Waals surface area contributed by atoms with Crippen LogP contribution in [-0.2, 0) is 6.42 Å². The molecule has 2 unspecified atom stereocenters. The number of aromatic nitrogens is 2. The summed E-state index contributed by atoms with van der Waals surface area (Å²) in [5.74, 6) is 0.785. The fraction of sp³-hybridized carbons (Fsp3) is 0.438. The summed E-state index contributed by atoms with van der Waals surface area (Å²) in [5, 5.41) is 15.2. The molecule has 1 heterocycles. The Labute approximate surface area is 119 Å². The highest BCUT2D eigenvalue weighted by molar-refractivity contribution is 5.41. The van der Waals surface area contributed by atoms with E-state index >= 15 is 0 Å². The Morgan fingerprint density at radius 2 is 2.05 bits per heavy atom. The number of hydrogen-bond donors (Lipinski definition) is 1. The van der Waals surface area contributed by atoms with Crippen LogP contribution >= 0.6 is 0 Å².